The van der Waals surface area contributed by atoms with Crippen molar-refractivity contribution in [2.45, 2.75) is 25.9 Å². The van der Waals surface area contributed by atoms with Crippen molar-refractivity contribution in [2.24, 2.45) is 0 Å². The fraction of sp³-hybridized carbons (Fsp3) is 0.636. The first-order valence-electron chi connectivity index (χ1n) is 5.59. The summed E-state index contributed by atoms with van der Waals surface area (Å²) in [7, 11) is 1.52. The molecule has 0 aliphatic carbocycles. The Hall–Kier alpha value is -1.27. The molecule has 0 saturated heterocycles. The highest BCUT2D eigenvalue weighted by molar-refractivity contribution is 5.37. The number of aryl methyl sites for hydroxylation is 1. The largest absolute Gasteiger partial charge is 0.391 e. The molecule has 0 aromatic carbocycles. The number of rotatable bonds is 7. The third-order valence-corrected chi connectivity index (χ3v) is 2.33. The molecule has 0 aliphatic rings. The Morgan fingerprint density at radius 1 is 1.53 bits per heavy atom. The van der Waals surface area contributed by atoms with Crippen molar-refractivity contribution >= 4 is 5.82 Å². The van der Waals surface area contributed by atoms with E-state index < -0.39 is 11.9 Å². The number of ether oxygens (including phenoxy) is 1. The van der Waals surface area contributed by atoms with Gasteiger partial charge in [-0.2, -0.15) is 0 Å². The van der Waals surface area contributed by atoms with E-state index in [4.69, 9.17) is 4.74 Å². The molecule has 0 amide bonds. The molecule has 1 heterocycles. The minimum Gasteiger partial charge on any atom is -0.391 e. The molecule has 5 nitrogen and oxygen atoms in total. The van der Waals surface area contributed by atoms with Crippen LogP contribution in [0.25, 0.3) is 0 Å². The van der Waals surface area contributed by atoms with Gasteiger partial charge in [-0.25, -0.2) is 14.4 Å². The average Bonchev–Trinajstić information content (AvgIpc) is 2.32. The highest BCUT2D eigenvalue weighted by Crippen LogP contribution is 2.13. The van der Waals surface area contributed by atoms with Crippen molar-refractivity contribution in [3.8, 4) is 0 Å². The van der Waals surface area contributed by atoms with Crippen LogP contribution in [0.1, 0.15) is 19.0 Å². The van der Waals surface area contributed by atoms with Crippen LogP contribution in [-0.2, 0) is 11.2 Å². The van der Waals surface area contributed by atoms with Crippen molar-refractivity contribution < 1.29 is 14.2 Å². The van der Waals surface area contributed by atoms with Gasteiger partial charge in [-0.15, -0.1) is 0 Å². The summed E-state index contributed by atoms with van der Waals surface area (Å²) in [5.41, 5.74) is 0.389. The molecular formula is C11H18FN3O2. The van der Waals surface area contributed by atoms with Gasteiger partial charge in [0.05, 0.1) is 18.4 Å². The van der Waals surface area contributed by atoms with Crippen LogP contribution in [-0.4, -0.2) is 41.4 Å². The highest BCUT2D eigenvalue weighted by Gasteiger charge is 2.09. The molecule has 1 rings (SSSR count). The van der Waals surface area contributed by atoms with E-state index in [0.29, 0.717) is 25.1 Å². The summed E-state index contributed by atoms with van der Waals surface area (Å²) >= 11 is 0. The van der Waals surface area contributed by atoms with Gasteiger partial charge in [0, 0.05) is 13.7 Å². The second-order valence-corrected chi connectivity index (χ2v) is 3.66. The Balaban J connectivity index is 2.46. The van der Waals surface area contributed by atoms with Gasteiger partial charge in [-0.3, -0.25) is 0 Å². The van der Waals surface area contributed by atoms with Gasteiger partial charge in [0.2, 0.25) is 0 Å². The zero-order chi connectivity index (χ0) is 12.7. The molecule has 17 heavy (non-hydrogen) atoms. The first-order chi connectivity index (χ1) is 8.19. The number of aliphatic hydroxyl groups excluding tert-OH is 1. The van der Waals surface area contributed by atoms with E-state index in [1.165, 1.54) is 13.4 Å². The SMILES string of the molecule is CCc1ncnc(NCCC(O)COC)c1F. The molecule has 0 aliphatic heterocycles. The van der Waals surface area contributed by atoms with Gasteiger partial charge >= 0.3 is 0 Å². The number of hydrogen-bond donors (Lipinski definition) is 2. The maximum absolute atomic E-state index is 13.7. The molecule has 1 aromatic heterocycles. The lowest BCUT2D eigenvalue weighted by atomic mass is 10.2. The number of methoxy groups -OCH3 is 1. The number of hydrogen-bond acceptors (Lipinski definition) is 5. The van der Waals surface area contributed by atoms with Crippen LogP contribution in [0.2, 0.25) is 0 Å². The van der Waals surface area contributed by atoms with Gasteiger partial charge in [0.1, 0.15) is 6.33 Å². The highest BCUT2D eigenvalue weighted by atomic mass is 19.1. The predicted molar refractivity (Wildman–Crippen MR) is 62.4 cm³/mol. The maximum Gasteiger partial charge on any atom is 0.186 e. The van der Waals surface area contributed by atoms with Gasteiger partial charge in [-0.05, 0) is 12.8 Å². The number of aromatic nitrogens is 2. The van der Waals surface area contributed by atoms with E-state index in [1.807, 2.05) is 6.92 Å². The van der Waals surface area contributed by atoms with Crippen molar-refractivity contribution in [3.63, 3.8) is 0 Å². The van der Waals surface area contributed by atoms with Crippen LogP contribution < -0.4 is 5.32 Å². The van der Waals surface area contributed by atoms with Crippen LogP contribution in [0.15, 0.2) is 6.33 Å². The summed E-state index contributed by atoms with van der Waals surface area (Å²) in [5, 5.41) is 12.2. The summed E-state index contributed by atoms with van der Waals surface area (Å²) < 4.78 is 18.5. The maximum atomic E-state index is 13.7. The Kier molecular flexibility index (Phi) is 5.79. The first kappa shape index (κ1) is 13.8. The van der Waals surface area contributed by atoms with E-state index in [1.54, 1.807) is 0 Å². The van der Waals surface area contributed by atoms with Crippen LogP contribution in [0.5, 0.6) is 0 Å². The predicted octanol–water partition coefficient (Wildman–Crippen LogP) is 0.987. The Bertz CT molecular complexity index is 349. The summed E-state index contributed by atoms with van der Waals surface area (Å²) in [5.74, 6) is -0.238. The molecule has 1 aromatic rings. The lowest BCUT2D eigenvalue weighted by Gasteiger charge is -2.11. The van der Waals surface area contributed by atoms with E-state index in [0.717, 1.165) is 0 Å². The third-order valence-electron chi connectivity index (χ3n) is 2.33. The summed E-state index contributed by atoms with van der Waals surface area (Å²) in [6.07, 6.45) is 1.77. The number of nitrogens with one attached hydrogen (secondary N) is 1. The molecule has 6 heteroatoms. The van der Waals surface area contributed by atoms with Crippen molar-refractivity contribution in [1.29, 1.82) is 0 Å². The van der Waals surface area contributed by atoms with Gasteiger partial charge in [0.15, 0.2) is 11.6 Å². The average molecular weight is 243 g/mol. The summed E-state index contributed by atoms with van der Waals surface area (Å²) in [4.78, 5) is 7.65. The van der Waals surface area contributed by atoms with Gasteiger partial charge in [-0.1, -0.05) is 6.92 Å². The van der Waals surface area contributed by atoms with E-state index in [2.05, 4.69) is 15.3 Å². The molecule has 0 radical (unpaired) electrons. The number of halogens is 1. The molecule has 0 spiro atoms. The molecule has 1 unspecified atom stereocenters. The fourth-order valence-corrected chi connectivity index (χ4v) is 1.41. The topological polar surface area (TPSA) is 67.3 Å². The van der Waals surface area contributed by atoms with Crippen molar-refractivity contribution in [2.75, 3.05) is 25.6 Å². The van der Waals surface area contributed by atoms with Gasteiger partial charge < -0.3 is 15.2 Å². The van der Waals surface area contributed by atoms with E-state index in [9.17, 15) is 9.50 Å². The summed E-state index contributed by atoms with van der Waals surface area (Å²) in [6, 6.07) is 0. The van der Waals surface area contributed by atoms with Crippen LogP contribution in [0, 0.1) is 5.82 Å². The van der Waals surface area contributed by atoms with E-state index in [-0.39, 0.29) is 12.4 Å². The normalized spacial score (nSPS) is 12.5. The zero-order valence-electron chi connectivity index (χ0n) is 10.1. The molecule has 0 saturated carbocycles. The Morgan fingerprint density at radius 2 is 2.29 bits per heavy atom. The second-order valence-electron chi connectivity index (χ2n) is 3.66. The van der Waals surface area contributed by atoms with E-state index >= 15 is 0 Å². The molecule has 0 fully saturated rings. The molecule has 2 N–H and O–H groups in total. The lowest BCUT2D eigenvalue weighted by molar-refractivity contribution is 0.0615. The van der Waals surface area contributed by atoms with Crippen molar-refractivity contribution in [1.82, 2.24) is 9.97 Å². The van der Waals surface area contributed by atoms with Crippen LogP contribution in [0.4, 0.5) is 10.2 Å². The van der Waals surface area contributed by atoms with Crippen LogP contribution >= 0.6 is 0 Å². The van der Waals surface area contributed by atoms with Crippen molar-refractivity contribution in [3.05, 3.63) is 17.8 Å². The number of aliphatic hydroxyl groups is 1. The van der Waals surface area contributed by atoms with Gasteiger partial charge in [0.25, 0.3) is 0 Å². The first-order valence-corrected chi connectivity index (χ1v) is 5.59. The molecular weight excluding hydrogens is 225 g/mol. The second kappa shape index (κ2) is 7.13. The molecule has 1 atom stereocenters. The molecule has 96 valence electrons. The minimum atomic E-state index is -0.553. The smallest absolute Gasteiger partial charge is 0.186 e. The standard InChI is InChI=1S/C11H18FN3O2/c1-3-9-10(12)11(15-7-14-9)13-5-4-8(16)6-17-2/h7-8,16H,3-6H2,1-2H3,(H,13,14,15). The molecule has 0 bridgehead atoms. The Labute approximate surface area is 100 Å². The lowest BCUT2D eigenvalue weighted by Crippen LogP contribution is -2.19. The summed E-state index contributed by atoms with van der Waals surface area (Å²) in [6.45, 7) is 2.54. The Morgan fingerprint density at radius 3 is 2.94 bits per heavy atom. The quantitative estimate of drug-likeness (QED) is 0.747. The minimum absolute atomic E-state index is 0.182. The number of anilines is 1. The third kappa shape index (κ3) is 4.24. The monoisotopic (exact) mass is 243 g/mol. The number of nitrogens with zero attached hydrogens (tertiary/aromatic N) is 2. The fourth-order valence-electron chi connectivity index (χ4n) is 1.41. The zero-order valence-corrected chi connectivity index (χ0v) is 10.1. The van der Waals surface area contributed by atoms with Crippen LogP contribution in [0.3, 0.4) is 0 Å².